The Bertz CT molecular complexity index is 1200. The molecule has 1 aliphatic heterocycles. The smallest absolute Gasteiger partial charge is 0.307 e. The molecule has 1 fully saturated rings. The molecule has 0 saturated carbocycles. The predicted octanol–water partition coefficient (Wildman–Crippen LogP) is 4.28. The quantitative estimate of drug-likeness (QED) is 0.315. The van der Waals surface area contributed by atoms with Crippen molar-refractivity contribution in [2.24, 2.45) is 5.73 Å². The molecule has 5 N–H and O–H groups in total. The van der Waals surface area contributed by atoms with Gasteiger partial charge >= 0.3 is 5.97 Å². The summed E-state index contributed by atoms with van der Waals surface area (Å²) in [6.45, 7) is 0.926. The monoisotopic (exact) mass is 494 g/mol. The third-order valence-corrected chi connectivity index (χ3v) is 6.23. The number of nitrogens with two attached hydrogens (primary N) is 1. The molecule has 4 rings (SSSR count). The van der Waals surface area contributed by atoms with E-state index in [2.05, 4.69) is 5.32 Å². The number of benzene rings is 3. The number of anilines is 1. The number of para-hydroxylation sites is 1. The van der Waals surface area contributed by atoms with E-state index < -0.39 is 17.8 Å². The molecule has 0 spiro atoms. The van der Waals surface area contributed by atoms with Gasteiger partial charge in [-0.15, -0.1) is 0 Å². The van der Waals surface area contributed by atoms with E-state index in [1.54, 1.807) is 36.4 Å². The van der Waals surface area contributed by atoms with E-state index in [1.807, 2.05) is 24.3 Å². The van der Waals surface area contributed by atoms with Crippen LogP contribution in [0.4, 0.5) is 10.1 Å². The fourth-order valence-electron chi connectivity index (χ4n) is 4.28. The summed E-state index contributed by atoms with van der Waals surface area (Å²) in [5, 5.41) is 21.8. The van der Waals surface area contributed by atoms with Gasteiger partial charge < -0.3 is 30.7 Å². The average molecular weight is 495 g/mol. The Labute approximate surface area is 209 Å². The van der Waals surface area contributed by atoms with Crippen LogP contribution in [0.2, 0.25) is 0 Å². The van der Waals surface area contributed by atoms with Crippen molar-refractivity contribution >= 4 is 11.7 Å². The van der Waals surface area contributed by atoms with Crippen LogP contribution in [-0.2, 0) is 22.6 Å². The molecule has 36 heavy (non-hydrogen) atoms. The van der Waals surface area contributed by atoms with Crippen LogP contribution in [0, 0.1) is 5.82 Å². The number of nitrogens with one attached hydrogen (secondary N) is 1. The van der Waals surface area contributed by atoms with Gasteiger partial charge in [0.2, 0.25) is 0 Å². The van der Waals surface area contributed by atoms with Crippen LogP contribution in [0.1, 0.15) is 35.6 Å². The van der Waals surface area contributed by atoms with Crippen molar-refractivity contribution in [2.75, 3.05) is 25.1 Å². The van der Waals surface area contributed by atoms with Gasteiger partial charge in [-0.1, -0.05) is 36.4 Å². The number of carboxylic acids is 1. The highest BCUT2D eigenvalue weighted by Crippen LogP contribution is 2.31. The lowest BCUT2D eigenvalue weighted by atomic mass is 9.97. The minimum Gasteiger partial charge on any atom is -0.488 e. The van der Waals surface area contributed by atoms with E-state index in [-0.39, 0.29) is 25.7 Å². The topological polar surface area (TPSA) is 114 Å². The van der Waals surface area contributed by atoms with Crippen LogP contribution in [0.3, 0.4) is 0 Å². The first-order valence-electron chi connectivity index (χ1n) is 12.0. The third-order valence-electron chi connectivity index (χ3n) is 6.23. The molecule has 1 unspecified atom stereocenters. The van der Waals surface area contributed by atoms with Crippen molar-refractivity contribution in [3.8, 4) is 16.9 Å². The summed E-state index contributed by atoms with van der Waals surface area (Å²) >= 11 is 0. The van der Waals surface area contributed by atoms with Gasteiger partial charge in [-0.25, -0.2) is 4.39 Å². The zero-order valence-corrected chi connectivity index (χ0v) is 20.0. The SMILES string of the molecule is N[C@H](CO)c1cccc(-c2cc(COc3ccccc3CC(=O)O)c(F)c(NCC3CCCO3)c2)c1. The molecule has 7 nitrogen and oxygen atoms in total. The normalized spacial score (nSPS) is 16.0. The molecule has 2 atom stereocenters. The van der Waals surface area contributed by atoms with E-state index in [0.29, 0.717) is 35.7 Å². The van der Waals surface area contributed by atoms with Gasteiger partial charge in [-0.2, -0.15) is 0 Å². The lowest BCUT2D eigenvalue weighted by molar-refractivity contribution is -0.136. The zero-order valence-electron chi connectivity index (χ0n) is 20.0. The first kappa shape index (κ1) is 25.6. The van der Waals surface area contributed by atoms with Gasteiger partial charge in [0.15, 0.2) is 5.82 Å². The van der Waals surface area contributed by atoms with Crippen LogP contribution < -0.4 is 15.8 Å². The number of carboxylic acid groups (broad SMARTS) is 1. The second-order valence-corrected chi connectivity index (χ2v) is 8.89. The van der Waals surface area contributed by atoms with Gasteiger partial charge in [0, 0.05) is 24.3 Å². The molecule has 3 aromatic carbocycles. The van der Waals surface area contributed by atoms with Gasteiger partial charge in [-0.3, -0.25) is 4.79 Å². The van der Waals surface area contributed by atoms with E-state index in [0.717, 1.165) is 29.5 Å². The Morgan fingerprint density at radius 1 is 1.14 bits per heavy atom. The summed E-state index contributed by atoms with van der Waals surface area (Å²) in [5.74, 6) is -1.01. The number of carbonyl (C=O) groups is 1. The van der Waals surface area contributed by atoms with Gasteiger partial charge in [0.25, 0.3) is 0 Å². The standard InChI is InChI=1S/C28H31FN2O5/c29-28-22(17-36-26-9-2-1-5-20(26)14-27(33)34)12-21(13-25(28)31-15-23-8-4-10-35-23)18-6-3-7-19(11-18)24(30)16-32/h1-3,5-7,9,11-13,23-24,31-32H,4,8,10,14-17,30H2,(H,33,34)/t23?,24-/m1/s1. The van der Waals surface area contributed by atoms with E-state index in [9.17, 15) is 15.0 Å². The molecule has 8 heteroatoms. The Morgan fingerprint density at radius 2 is 1.97 bits per heavy atom. The number of rotatable bonds is 11. The summed E-state index contributed by atoms with van der Waals surface area (Å²) < 4.78 is 27.2. The molecule has 1 heterocycles. The van der Waals surface area contributed by atoms with Crippen molar-refractivity contribution in [3.63, 3.8) is 0 Å². The van der Waals surface area contributed by atoms with Gasteiger partial charge in [-0.05, 0) is 53.8 Å². The Kier molecular flexibility index (Phi) is 8.53. The summed E-state index contributed by atoms with van der Waals surface area (Å²) in [4.78, 5) is 11.2. The summed E-state index contributed by atoms with van der Waals surface area (Å²) in [6.07, 6.45) is 1.75. The maximum atomic E-state index is 15.6. The molecular weight excluding hydrogens is 463 g/mol. The van der Waals surface area contributed by atoms with Gasteiger partial charge in [0.1, 0.15) is 12.4 Å². The first-order chi connectivity index (χ1) is 17.4. The summed E-state index contributed by atoms with van der Waals surface area (Å²) in [7, 11) is 0. The van der Waals surface area contributed by atoms with Crippen LogP contribution in [0.25, 0.3) is 11.1 Å². The van der Waals surface area contributed by atoms with E-state index >= 15 is 4.39 Å². The minimum absolute atomic E-state index is 0.0292. The lowest BCUT2D eigenvalue weighted by Gasteiger charge is -2.18. The minimum atomic E-state index is -0.971. The molecule has 1 saturated heterocycles. The summed E-state index contributed by atoms with van der Waals surface area (Å²) in [5.41, 5.74) is 9.53. The summed E-state index contributed by atoms with van der Waals surface area (Å²) in [6, 6.07) is 17.3. The highest BCUT2D eigenvalue weighted by molar-refractivity contribution is 5.72. The highest BCUT2D eigenvalue weighted by atomic mass is 19.1. The van der Waals surface area contributed by atoms with Crippen molar-refractivity contribution < 1.29 is 28.9 Å². The number of aliphatic hydroxyl groups is 1. The van der Waals surface area contributed by atoms with Gasteiger partial charge in [0.05, 0.1) is 30.9 Å². The lowest BCUT2D eigenvalue weighted by Crippen LogP contribution is -2.19. The molecule has 1 aliphatic rings. The maximum Gasteiger partial charge on any atom is 0.307 e. The number of ether oxygens (including phenoxy) is 2. The fourth-order valence-corrected chi connectivity index (χ4v) is 4.28. The molecule has 0 amide bonds. The van der Waals surface area contributed by atoms with Crippen LogP contribution in [0.15, 0.2) is 60.7 Å². The maximum absolute atomic E-state index is 15.6. The van der Waals surface area contributed by atoms with Crippen LogP contribution >= 0.6 is 0 Å². The van der Waals surface area contributed by atoms with Crippen molar-refractivity contribution in [1.29, 1.82) is 0 Å². The number of aliphatic hydroxyl groups excluding tert-OH is 1. The molecule has 190 valence electrons. The molecule has 0 aliphatic carbocycles. The number of hydrogen-bond donors (Lipinski definition) is 4. The average Bonchev–Trinajstić information content (AvgIpc) is 3.41. The van der Waals surface area contributed by atoms with Crippen molar-refractivity contribution in [2.45, 2.75) is 38.0 Å². The molecule has 0 radical (unpaired) electrons. The van der Waals surface area contributed by atoms with E-state index in [1.165, 1.54) is 0 Å². The first-order valence-corrected chi connectivity index (χ1v) is 12.0. The highest BCUT2D eigenvalue weighted by Gasteiger charge is 2.19. The van der Waals surface area contributed by atoms with Crippen LogP contribution in [-0.4, -0.2) is 42.0 Å². The van der Waals surface area contributed by atoms with Crippen LogP contribution in [0.5, 0.6) is 5.75 Å². The zero-order chi connectivity index (χ0) is 25.5. The number of aliphatic carboxylic acids is 1. The molecule has 0 aromatic heterocycles. The van der Waals surface area contributed by atoms with Crippen molar-refractivity contribution in [1.82, 2.24) is 0 Å². The second-order valence-electron chi connectivity index (χ2n) is 8.89. The Balaban J connectivity index is 1.65. The number of hydrogen-bond acceptors (Lipinski definition) is 6. The third kappa shape index (κ3) is 6.40. The van der Waals surface area contributed by atoms with E-state index in [4.69, 9.17) is 15.2 Å². The predicted molar refractivity (Wildman–Crippen MR) is 135 cm³/mol. The second kappa shape index (κ2) is 12.0. The fraction of sp³-hybridized carbons (Fsp3) is 0.321. The Hall–Kier alpha value is -3.46. The van der Waals surface area contributed by atoms with Crippen molar-refractivity contribution in [3.05, 3.63) is 83.2 Å². The molecular formula is C28H31FN2O5. The largest absolute Gasteiger partial charge is 0.488 e. The molecule has 3 aromatic rings. The Morgan fingerprint density at radius 3 is 2.72 bits per heavy atom. The molecule has 0 bridgehead atoms. The number of halogens is 1.